The van der Waals surface area contributed by atoms with Gasteiger partial charge in [-0.2, -0.15) is 0 Å². The second-order valence-corrected chi connectivity index (χ2v) is 4.41. The Morgan fingerprint density at radius 3 is 2.67 bits per heavy atom. The van der Waals surface area contributed by atoms with Gasteiger partial charge in [0, 0.05) is 39.8 Å². The molecule has 1 atom stereocenters. The van der Waals surface area contributed by atoms with Crippen molar-refractivity contribution < 1.29 is 0 Å². The summed E-state index contributed by atoms with van der Waals surface area (Å²) in [4.78, 5) is 0. The van der Waals surface area contributed by atoms with E-state index in [1.165, 1.54) is 33.3 Å². The lowest BCUT2D eigenvalue weighted by Crippen LogP contribution is -1.99. The Bertz CT molecular complexity index is 587. The minimum absolute atomic E-state index is 0.465. The summed E-state index contributed by atoms with van der Waals surface area (Å²) in [5, 5.41) is 9.83. The molecule has 0 spiro atoms. The second kappa shape index (κ2) is 2.27. The zero-order chi connectivity index (χ0) is 9.99. The van der Waals surface area contributed by atoms with Gasteiger partial charge in [0.05, 0.1) is 6.04 Å². The number of anilines is 2. The van der Waals surface area contributed by atoms with Crippen LogP contribution in [-0.2, 0) is 6.54 Å². The summed E-state index contributed by atoms with van der Waals surface area (Å²) < 4.78 is 0. The van der Waals surface area contributed by atoms with Crippen LogP contribution in [0.15, 0.2) is 24.3 Å². The molecule has 4 bridgehead atoms. The molecule has 15 heavy (non-hydrogen) atoms. The fourth-order valence-electron chi connectivity index (χ4n) is 2.99. The Morgan fingerprint density at radius 2 is 1.87 bits per heavy atom. The monoisotopic (exact) mass is 196 g/mol. The van der Waals surface area contributed by atoms with Crippen LogP contribution < -0.4 is 10.6 Å². The number of nitrogens with one attached hydrogen (secondary N) is 2. The average molecular weight is 196 g/mol. The van der Waals surface area contributed by atoms with Gasteiger partial charge in [-0.25, -0.2) is 0 Å². The van der Waals surface area contributed by atoms with Gasteiger partial charge in [-0.05, 0) is 6.92 Å². The van der Waals surface area contributed by atoms with Crippen molar-refractivity contribution in [1.82, 2.24) is 0 Å². The standard InChI is InChI=1S/C13H12N2/c1-7-11-10-6-14-13(11)9-5-3-2-4-8(9)12(10)15-7/h2-5,7,14-15H,6H2,1H3/t7-/m1/s1. The van der Waals surface area contributed by atoms with Gasteiger partial charge in [0.25, 0.3) is 0 Å². The molecule has 2 aliphatic rings. The van der Waals surface area contributed by atoms with Crippen molar-refractivity contribution in [2.24, 2.45) is 0 Å². The van der Waals surface area contributed by atoms with Crippen molar-refractivity contribution in [2.75, 3.05) is 10.6 Å². The normalized spacial score (nSPS) is 20.5. The number of hydrogen-bond donors (Lipinski definition) is 2. The Labute approximate surface area is 88.3 Å². The van der Waals surface area contributed by atoms with Crippen molar-refractivity contribution in [3.05, 3.63) is 35.4 Å². The van der Waals surface area contributed by atoms with E-state index >= 15 is 0 Å². The van der Waals surface area contributed by atoms with Crippen LogP contribution in [-0.4, -0.2) is 0 Å². The molecule has 0 aliphatic carbocycles. The average Bonchev–Trinajstić information content (AvgIpc) is 2.74. The van der Waals surface area contributed by atoms with Gasteiger partial charge in [-0.3, -0.25) is 0 Å². The quantitative estimate of drug-likeness (QED) is 0.675. The van der Waals surface area contributed by atoms with Crippen LogP contribution in [0.25, 0.3) is 10.8 Å². The third-order valence-corrected chi connectivity index (χ3v) is 3.60. The highest BCUT2D eigenvalue weighted by Crippen LogP contribution is 2.50. The van der Waals surface area contributed by atoms with E-state index in [0.29, 0.717) is 6.04 Å². The smallest absolute Gasteiger partial charge is 0.0510 e. The zero-order valence-electron chi connectivity index (χ0n) is 8.59. The molecule has 2 heterocycles. The van der Waals surface area contributed by atoms with Crippen molar-refractivity contribution in [3.8, 4) is 0 Å². The van der Waals surface area contributed by atoms with Crippen LogP contribution in [0, 0.1) is 0 Å². The fourth-order valence-corrected chi connectivity index (χ4v) is 2.99. The first-order valence-electron chi connectivity index (χ1n) is 5.44. The molecule has 2 heteroatoms. The van der Waals surface area contributed by atoms with E-state index in [1.807, 2.05) is 0 Å². The molecule has 0 radical (unpaired) electrons. The first kappa shape index (κ1) is 7.57. The van der Waals surface area contributed by atoms with Crippen LogP contribution >= 0.6 is 0 Å². The Kier molecular flexibility index (Phi) is 1.15. The summed E-state index contributed by atoms with van der Waals surface area (Å²) in [6.07, 6.45) is 0. The second-order valence-electron chi connectivity index (χ2n) is 4.41. The SMILES string of the molecule is C[C@H]1Nc2c3c1c(c1ccccc21)NC3. The van der Waals surface area contributed by atoms with Gasteiger partial charge in [-0.15, -0.1) is 0 Å². The largest absolute Gasteiger partial charge is 0.380 e. The molecule has 0 unspecified atom stereocenters. The maximum atomic E-state index is 3.59. The molecule has 2 aromatic rings. The van der Waals surface area contributed by atoms with Crippen LogP contribution in [0.5, 0.6) is 0 Å². The predicted octanol–water partition coefficient (Wildman–Crippen LogP) is 3.25. The molecule has 2 nitrogen and oxygen atoms in total. The highest BCUT2D eigenvalue weighted by Gasteiger charge is 2.32. The Balaban J connectivity index is 2.28. The molecule has 0 saturated heterocycles. The number of rotatable bonds is 0. The highest BCUT2D eigenvalue weighted by atomic mass is 15.0. The van der Waals surface area contributed by atoms with Crippen LogP contribution in [0.4, 0.5) is 11.4 Å². The van der Waals surface area contributed by atoms with E-state index in [9.17, 15) is 0 Å². The van der Waals surface area contributed by atoms with Crippen LogP contribution in [0.3, 0.4) is 0 Å². The summed E-state index contributed by atoms with van der Waals surface area (Å²) in [5.41, 5.74) is 5.67. The van der Waals surface area contributed by atoms with Crippen LogP contribution in [0.1, 0.15) is 24.1 Å². The van der Waals surface area contributed by atoms with E-state index in [0.717, 1.165) is 6.54 Å². The third kappa shape index (κ3) is 0.729. The topological polar surface area (TPSA) is 24.1 Å². The molecule has 2 N–H and O–H groups in total. The molecule has 0 aromatic heterocycles. The molecule has 0 amide bonds. The lowest BCUT2D eigenvalue weighted by molar-refractivity contribution is 0.924. The van der Waals surface area contributed by atoms with Crippen molar-refractivity contribution in [1.29, 1.82) is 0 Å². The predicted molar refractivity (Wildman–Crippen MR) is 63.3 cm³/mol. The van der Waals surface area contributed by atoms with Gasteiger partial charge < -0.3 is 10.6 Å². The Morgan fingerprint density at radius 1 is 1.13 bits per heavy atom. The molecule has 0 fully saturated rings. The van der Waals surface area contributed by atoms with E-state index < -0.39 is 0 Å². The van der Waals surface area contributed by atoms with E-state index in [2.05, 4.69) is 41.8 Å². The lowest BCUT2D eigenvalue weighted by Gasteiger charge is -2.05. The molecule has 2 aliphatic heterocycles. The van der Waals surface area contributed by atoms with Gasteiger partial charge in [0.2, 0.25) is 0 Å². The lowest BCUT2D eigenvalue weighted by atomic mass is 10.00. The molecule has 74 valence electrons. The summed E-state index contributed by atoms with van der Waals surface area (Å²) >= 11 is 0. The molecular weight excluding hydrogens is 184 g/mol. The van der Waals surface area contributed by atoms with Gasteiger partial charge in [-0.1, -0.05) is 24.3 Å². The van der Waals surface area contributed by atoms with Crippen molar-refractivity contribution in [2.45, 2.75) is 19.5 Å². The summed E-state index contributed by atoms with van der Waals surface area (Å²) in [5.74, 6) is 0. The zero-order valence-corrected chi connectivity index (χ0v) is 8.59. The van der Waals surface area contributed by atoms with E-state index in [-0.39, 0.29) is 0 Å². The fraction of sp³-hybridized carbons (Fsp3) is 0.231. The Hall–Kier alpha value is -1.70. The molecule has 0 saturated carbocycles. The highest BCUT2D eigenvalue weighted by molar-refractivity contribution is 6.08. The van der Waals surface area contributed by atoms with Crippen molar-refractivity contribution in [3.63, 3.8) is 0 Å². The molecule has 4 rings (SSSR count). The summed E-state index contributed by atoms with van der Waals surface area (Å²) in [6, 6.07) is 9.11. The number of benzene rings is 2. The third-order valence-electron chi connectivity index (χ3n) is 3.60. The first-order chi connectivity index (χ1) is 7.36. The summed E-state index contributed by atoms with van der Waals surface area (Å²) in [6.45, 7) is 3.23. The van der Waals surface area contributed by atoms with Gasteiger partial charge in [0.15, 0.2) is 0 Å². The maximum Gasteiger partial charge on any atom is 0.0510 e. The van der Waals surface area contributed by atoms with E-state index in [4.69, 9.17) is 0 Å². The van der Waals surface area contributed by atoms with Crippen LogP contribution in [0.2, 0.25) is 0 Å². The number of hydrogen-bond acceptors (Lipinski definition) is 2. The summed E-state index contributed by atoms with van der Waals surface area (Å²) in [7, 11) is 0. The first-order valence-corrected chi connectivity index (χ1v) is 5.44. The van der Waals surface area contributed by atoms with E-state index in [1.54, 1.807) is 0 Å². The maximum absolute atomic E-state index is 3.59. The molecule has 2 aromatic carbocycles. The van der Waals surface area contributed by atoms with Gasteiger partial charge in [0.1, 0.15) is 0 Å². The molecular formula is C13H12N2. The minimum atomic E-state index is 0.465. The number of fused-ring (bicyclic) bond motifs is 3. The van der Waals surface area contributed by atoms with Gasteiger partial charge >= 0.3 is 0 Å². The van der Waals surface area contributed by atoms with Crippen molar-refractivity contribution >= 4 is 22.1 Å². The minimum Gasteiger partial charge on any atom is -0.380 e.